The van der Waals surface area contributed by atoms with E-state index in [4.69, 9.17) is 4.74 Å². The number of anilines is 1. The van der Waals surface area contributed by atoms with Gasteiger partial charge < -0.3 is 9.64 Å². The van der Waals surface area contributed by atoms with Crippen LogP contribution in [0.1, 0.15) is 44.2 Å². The van der Waals surface area contributed by atoms with Crippen LogP contribution in [-0.4, -0.2) is 37.7 Å². The zero-order valence-electron chi connectivity index (χ0n) is 17.4. The van der Waals surface area contributed by atoms with Gasteiger partial charge in [-0.05, 0) is 36.1 Å². The van der Waals surface area contributed by atoms with Gasteiger partial charge in [0, 0.05) is 44.0 Å². The van der Waals surface area contributed by atoms with Gasteiger partial charge in [-0.3, -0.25) is 9.69 Å². The highest BCUT2D eigenvalue weighted by Crippen LogP contribution is 2.19. The van der Waals surface area contributed by atoms with Crippen molar-refractivity contribution in [1.82, 2.24) is 4.90 Å². The van der Waals surface area contributed by atoms with Crippen molar-refractivity contribution >= 4 is 5.69 Å². The Kier molecular flexibility index (Phi) is 7.10. The van der Waals surface area contributed by atoms with Crippen LogP contribution in [0.3, 0.4) is 0 Å². The van der Waals surface area contributed by atoms with Crippen LogP contribution in [0.25, 0.3) is 0 Å². The van der Waals surface area contributed by atoms with Crippen molar-refractivity contribution in [3.05, 3.63) is 69.9 Å². The zero-order chi connectivity index (χ0) is 19.9. The molecule has 0 N–H and O–H groups in total. The van der Waals surface area contributed by atoms with E-state index in [0.717, 1.165) is 43.7 Å². The fourth-order valence-corrected chi connectivity index (χ4v) is 3.54. The minimum Gasteiger partial charge on any atom is -0.489 e. The van der Waals surface area contributed by atoms with Crippen molar-refractivity contribution in [3.8, 4) is 5.75 Å². The lowest BCUT2D eigenvalue weighted by atomic mass is 10.1. The van der Waals surface area contributed by atoms with Gasteiger partial charge in [0.05, 0.1) is 6.61 Å². The van der Waals surface area contributed by atoms with Crippen molar-refractivity contribution in [1.29, 1.82) is 0 Å². The summed E-state index contributed by atoms with van der Waals surface area (Å²) in [4.78, 5) is 17.8. The SMILES string of the molecule is CCCOc1cc(C(C)C)ccc(CN2CCN(c3ccccc3)CC2)c1=O. The Balaban J connectivity index is 1.73. The van der Waals surface area contributed by atoms with Gasteiger partial charge >= 0.3 is 0 Å². The summed E-state index contributed by atoms with van der Waals surface area (Å²) in [6, 6.07) is 16.5. The summed E-state index contributed by atoms with van der Waals surface area (Å²) in [5.41, 5.74) is 3.27. The lowest BCUT2D eigenvalue weighted by Gasteiger charge is -2.36. The number of piperazine rings is 1. The van der Waals surface area contributed by atoms with Gasteiger partial charge in [-0.1, -0.05) is 51.1 Å². The molecule has 0 atom stereocenters. The Morgan fingerprint density at radius 2 is 1.71 bits per heavy atom. The zero-order valence-corrected chi connectivity index (χ0v) is 17.4. The first-order chi connectivity index (χ1) is 13.6. The van der Waals surface area contributed by atoms with Gasteiger partial charge in [0.1, 0.15) is 0 Å². The van der Waals surface area contributed by atoms with Crippen molar-refractivity contribution in [2.45, 2.75) is 39.7 Å². The Bertz CT molecular complexity index is 812. The Morgan fingerprint density at radius 1 is 1.00 bits per heavy atom. The second kappa shape index (κ2) is 9.74. The maximum Gasteiger partial charge on any atom is 0.224 e. The highest BCUT2D eigenvalue weighted by Gasteiger charge is 2.19. The molecule has 2 aromatic rings. The first-order valence-corrected chi connectivity index (χ1v) is 10.4. The predicted molar refractivity (Wildman–Crippen MR) is 117 cm³/mol. The van der Waals surface area contributed by atoms with Gasteiger partial charge in [-0.15, -0.1) is 0 Å². The summed E-state index contributed by atoms with van der Waals surface area (Å²) in [6.45, 7) is 11.5. The summed E-state index contributed by atoms with van der Waals surface area (Å²) in [6.07, 6.45) is 0.895. The standard InChI is InChI=1S/C24H32N2O2/c1-4-16-28-23-17-20(19(2)3)10-11-21(24(23)27)18-25-12-14-26(15-13-25)22-8-6-5-7-9-22/h5-11,17,19H,4,12-16,18H2,1-3H3. The van der Waals surface area contributed by atoms with Crippen LogP contribution in [0.15, 0.2) is 53.3 Å². The molecule has 0 saturated carbocycles. The molecule has 1 aliphatic heterocycles. The lowest BCUT2D eigenvalue weighted by Crippen LogP contribution is -2.46. The fourth-order valence-electron chi connectivity index (χ4n) is 3.54. The molecular weight excluding hydrogens is 348 g/mol. The van der Waals surface area contributed by atoms with Crippen LogP contribution in [0.5, 0.6) is 5.75 Å². The Morgan fingerprint density at radius 3 is 2.36 bits per heavy atom. The summed E-state index contributed by atoms with van der Waals surface area (Å²) < 4.78 is 5.80. The van der Waals surface area contributed by atoms with E-state index in [1.165, 1.54) is 5.69 Å². The Labute approximate surface area is 168 Å². The topological polar surface area (TPSA) is 32.8 Å². The van der Waals surface area contributed by atoms with E-state index in [1.807, 2.05) is 12.1 Å². The molecule has 1 aliphatic rings. The molecule has 0 aromatic heterocycles. The monoisotopic (exact) mass is 380 g/mol. The van der Waals surface area contributed by atoms with E-state index in [0.29, 0.717) is 24.8 Å². The van der Waals surface area contributed by atoms with Crippen LogP contribution < -0.4 is 15.1 Å². The number of benzene rings is 1. The highest BCUT2D eigenvalue weighted by molar-refractivity contribution is 5.46. The third kappa shape index (κ3) is 5.14. The first kappa shape index (κ1) is 20.4. The van der Waals surface area contributed by atoms with Crippen LogP contribution in [0, 0.1) is 0 Å². The second-order valence-electron chi connectivity index (χ2n) is 7.80. The second-order valence-corrected chi connectivity index (χ2v) is 7.80. The smallest absolute Gasteiger partial charge is 0.224 e. The van der Waals surface area contributed by atoms with Gasteiger partial charge in [0.25, 0.3) is 0 Å². The van der Waals surface area contributed by atoms with Crippen LogP contribution >= 0.6 is 0 Å². The van der Waals surface area contributed by atoms with Crippen LogP contribution in [0.2, 0.25) is 0 Å². The van der Waals surface area contributed by atoms with Gasteiger partial charge in [-0.2, -0.15) is 0 Å². The third-order valence-electron chi connectivity index (χ3n) is 5.31. The van der Waals surface area contributed by atoms with Crippen LogP contribution in [-0.2, 0) is 6.54 Å². The third-order valence-corrected chi connectivity index (χ3v) is 5.31. The van der Waals surface area contributed by atoms with Crippen molar-refractivity contribution in [3.63, 3.8) is 0 Å². The predicted octanol–water partition coefficient (Wildman–Crippen LogP) is 4.28. The molecule has 1 saturated heterocycles. The normalized spacial score (nSPS) is 15.1. The van der Waals surface area contributed by atoms with Crippen molar-refractivity contribution in [2.75, 3.05) is 37.7 Å². The first-order valence-electron chi connectivity index (χ1n) is 10.4. The molecule has 0 aliphatic carbocycles. The molecule has 150 valence electrons. The molecule has 3 rings (SSSR count). The molecule has 4 heteroatoms. The lowest BCUT2D eigenvalue weighted by molar-refractivity contribution is 0.248. The molecule has 1 fully saturated rings. The number of hydrogen-bond acceptors (Lipinski definition) is 4. The van der Waals surface area contributed by atoms with E-state index in [-0.39, 0.29) is 5.43 Å². The van der Waals surface area contributed by atoms with E-state index in [9.17, 15) is 4.79 Å². The van der Waals surface area contributed by atoms with Gasteiger partial charge in [0.15, 0.2) is 5.75 Å². The molecule has 1 heterocycles. The molecule has 4 nitrogen and oxygen atoms in total. The molecule has 0 unspecified atom stereocenters. The van der Waals surface area contributed by atoms with Gasteiger partial charge in [-0.25, -0.2) is 0 Å². The minimum atomic E-state index is 0.0332. The van der Waals surface area contributed by atoms with Gasteiger partial charge in [0.2, 0.25) is 5.43 Å². The summed E-state index contributed by atoms with van der Waals surface area (Å²) in [7, 11) is 0. The summed E-state index contributed by atoms with van der Waals surface area (Å²) in [5, 5.41) is 0. The molecular formula is C24H32N2O2. The number of hydrogen-bond donors (Lipinski definition) is 0. The molecule has 0 bridgehead atoms. The molecule has 2 aromatic carbocycles. The van der Waals surface area contributed by atoms with Crippen molar-refractivity contribution < 1.29 is 4.74 Å². The maximum atomic E-state index is 13.0. The molecule has 0 radical (unpaired) electrons. The fraction of sp³-hybridized carbons (Fsp3) is 0.458. The number of para-hydroxylation sites is 1. The van der Waals surface area contributed by atoms with E-state index < -0.39 is 0 Å². The van der Waals surface area contributed by atoms with E-state index in [2.05, 4.69) is 67.0 Å². The average molecular weight is 381 g/mol. The minimum absolute atomic E-state index is 0.0332. The maximum absolute atomic E-state index is 13.0. The largest absolute Gasteiger partial charge is 0.489 e. The van der Waals surface area contributed by atoms with E-state index >= 15 is 0 Å². The molecule has 0 amide bonds. The van der Waals surface area contributed by atoms with Crippen molar-refractivity contribution in [2.24, 2.45) is 0 Å². The summed E-state index contributed by atoms with van der Waals surface area (Å²) in [5.74, 6) is 0.853. The number of ether oxygens (including phenoxy) is 1. The molecule has 0 spiro atoms. The molecule has 28 heavy (non-hydrogen) atoms. The number of nitrogens with zero attached hydrogens (tertiary/aromatic N) is 2. The van der Waals surface area contributed by atoms with Crippen LogP contribution in [0.4, 0.5) is 5.69 Å². The quantitative estimate of drug-likeness (QED) is 0.718. The highest BCUT2D eigenvalue weighted by atomic mass is 16.5. The summed E-state index contributed by atoms with van der Waals surface area (Å²) >= 11 is 0. The van der Waals surface area contributed by atoms with E-state index in [1.54, 1.807) is 0 Å². The Hall–Kier alpha value is -2.33. The number of rotatable bonds is 7. The average Bonchev–Trinajstić information content (AvgIpc) is 2.87.